The molecule has 5 nitrogen and oxygen atoms in total. The summed E-state index contributed by atoms with van der Waals surface area (Å²) in [6.45, 7) is 3.71. The molecule has 3 aliphatic rings. The number of likely N-dealkylation sites (N-methyl/N-ethyl adjacent to an activating group) is 1. The highest BCUT2D eigenvalue weighted by atomic mass is 16.5. The summed E-state index contributed by atoms with van der Waals surface area (Å²) in [5, 5.41) is 0. The summed E-state index contributed by atoms with van der Waals surface area (Å²) in [6.07, 6.45) is 6.96. The topological polar surface area (TPSA) is 73.7 Å². The van der Waals surface area contributed by atoms with Gasteiger partial charge in [0.05, 0.1) is 19.3 Å². The number of hydrogen-bond donors (Lipinski definition) is 2. The summed E-state index contributed by atoms with van der Waals surface area (Å²) in [5.41, 5.74) is 16.8. The average Bonchev–Trinajstić information content (AvgIpc) is 3.23. The van der Waals surface area contributed by atoms with Gasteiger partial charge in [0.25, 0.3) is 0 Å². The fraction of sp³-hybridized carbons (Fsp3) is 0.520. The van der Waals surface area contributed by atoms with E-state index in [2.05, 4.69) is 48.3 Å². The molecule has 0 spiro atoms. The van der Waals surface area contributed by atoms with Crippen LogP contribution in [-0.4, -0.2) is 44.3 Å². The minimum atomic E-state index is -0.0977. The molecule has 4 N–H and O–H groups in total. The van der Waals surface area contributed by atoms with Crippen molar-refractivity contribution in [2.75, 3.05) is 33.4 Å². The minimum absolute atomic E-state index is 0.0977. The molecule has 2 aromatic rings. The standard InChI is InChI=1S/C19H21NO2.C6H14N2/c20-19(15-5-7-17-13(11-15)3-1-9-21-17)16-6-8-18-14(12-16)4-2-10-22-18;1-8-4-2-3-6(8)5-7/h5-8,11-12,19H,1-4,9-10,20H2;6H,2-5,7H2,1H3. The van der Waals surface area contributed by atoms with Crippen molar-refractivity contribution in [3.05, 3.63) is 58.7 Å². The van der Waals surface area contributed by atoms with Crippen LogP contribution >= 0.6 is 0 Å². The van der Waals surface area contributed by atoms with Crippen LogP contribution in [0.1, 0.15) is 54.0 Å². The maximum Gasteiger partial charge on any atom is 0.122 e. The quantitative estimate of drug-likeness (QED) is 0.813. The van der Waals surface area contributed by atoms with E-state index in [0.29, 0.717) is 6.04 Å². The number of nitrogens with zero attached hydrogens (tertiary/aromatic N) is 1. The summed E-state index contributed by atoms with van der Waals surface area (Å²) in [6, 6.07) is 13.3. The molecule has 0 saturated carbocycles. The van der Waals surface area contributed by atoms with Gasteiger partial charge in [0.15, 0.2) is 0 Å². The molecule has 3 aliphatic heterocycles. The van der Waals surface area contributed by atoms with Gasteiger partial charge in [0.1, 0.15) is 11.5 Å². The normalized spacial score (nSPS) is 20.5. The van der Waals surface area contributed by atoms with Gasteiger partial charge in [-0.2, -0.15) is 0 Å². The lowest BCUT2D eigenvalue weighted by molar-refractivity contribution is 0.288. The SMILES string of the molecule is CN1CCCC1CN.NC(c1ccc2c(c1)CCCO2)c1ccc2c(c1)CCCO2. The van der Waals surface area contributed by atoms with Gasteiger partial charge in [0, 0.05) is 12.6 Å². The van der Waals surface area contributed by atoms with E-state index in [1.54, 1.807) is 0 Å². The monoisotopic (exact) mass is 409 g/mol. The molecule has 0 aliphatic carbocycles. The lowest BCUT2D eigenvalue weighted by atomic mass is 9.93. The first-order valence-corrected chi connectivity index (χ1v) is 11.3. The average molecular weight is 410 g/mol. The molecule has 0 bridgehead atoms. The summed E-state index contributed by atoms with van der Waals surface area (Å²) in [5.74, 6) is 2.03. The number of likely N-dealkylation sites (tertiary alicyclic amines) is 1. The Bertz CT molecular complexity index is 795. The highest BCUT2D eigenvalue weighted by Gasteiger charge is 2.18. The molecule has 0 amide bonds. The van der Waals surface area contributed by atoms with Crippen LogP contribution in [0.15, 0.2) is 36.4 Å². The van der Waals surface area contributed by atoms with Gasteiger partial charge in [-0.25, -0.2) is 0 Å². The Hall–Kier alpha value is -2.08. The Balaban J connectivity index is 0.000000230. The van der Waals surface area contributed by atoms with Crippen molar-refractivity contribution in [3.8, 4) is 11.5 Å². The van der Waals surface area contributed by atoms with E-state index in [9.17, 15) is 0 Å². The van der Waals surface area contributed by atoms with Gasteiger partial charge in [-0.05, 0) is 86.5 Å². The van der Waals surface area contributed by atoms with E-state index in [-0.39, 0.29) is 6.04 Å². The molecule has 1 saturated heterocycles. The van der Waals surface area contributed by atoms with E-state index in [1.165, 1.54) is 30.5 Å². The third kappa shape index (κ3) is 4.80. The minimum Gasteiger partial charge on any atom is -0.493 e. The zero-order valence-electron chi connectivity index (χ0n) is 18.1. The van der Waals surface area contributed by atoms with Gasteiger partial charge in [-0.3, -0.25) is 0 Å². The van der Waals surface area contributed by atoms with Gasteiger partial charge in [-0.15, -0.1) is 0 Å². The van der Waals surface area contributed by atoms with Gasteiger partial charge < -0.3 is 25.8 Å². The molecule has 1 fully saturated rings. The summed E-state index contributed by atoms with van der Waals surface area (Å²) >= 11 is 0. The van der Waals surface area contributed by atoms with E-state index in [0.717, 1.165) is 68.1 Å². The van der Waals surface area contributed by atoms with Crippen molar-refractivity contribution >= 4 is 0 Å². The van der Waals surface area contributed by atoms with Crippen LogP contribution in [0.2, 0.25) is 0 Å². The highest BCUT2D eigenvalue weighted by Crippen LogP contribution is 2.32. The number of hydrogen-bond acceptors (Lipinski definition) is 5. The Morgan fingerprint density at radius 1 is 0.933 bits per heavy atom. The summed E-state index contributed by atoms with van der Waals surface area (Å²) in [4.78, 5) is 2.33. The molecule has 0 aromatic heterocycles. The third-order valence-electron chi connectivity index (χ3n) is 6.53. The predicted octanol–water partition coefficient (Wildman–Crippen LogP) is 3.42. The Kier molecular flexibility index (Phi) is 6.93. The van der Waals surface area contributed by atoms with E-state index >= 15 is 0 Å². The number of aryl methyl sites for hydroxylation is 2. The second-order valence-electron chi connectivity index (χ2n) is 8.63. The first-order chi connectivity index (χ1) is 14.7. The lowest BCUT2D eigenvalue weighted by Gasteiger charge is -2.22. The number of fused-ring (bicyclic) bond motifs is 2. The van der Waals surface area contributed by atoms with Crippen LogP contribution in [0, 0.1) is 0 Å². The van der Waals surface area contributed by atoms with Crippen LogP contribution < -0.4 is 20.9 Å². The Morgan fingerprint density at radius 3 is 1.93 bits per heavy atom. The molecular weight excluding hydrogens is 374 g/mol. The van der Waals surface area contributed by atoms with Crippen molar-refractivity contribution in [1.82, 2.24) is 4.90 Å². The van der Waals surface area contributed by atoms with Crippen molar-refractivity contribution in [2.45, 2.75) is 50.6 Å². The molecule has 30 heavy (non-hydrogen) atoms. The molecule has 0 radical (unpaired) electrons. The van der Waals surface area contributed by atoms with Crippen LogP contribution in [0.4, 0.5) is 0 Å². The van der Waals surface area contributed by atoms with Gasteiger partial charge >= 0.3 is 0 Å². The largest absolute Gasteiger partial charge is 0.493 e. The Morgan fingerprint density at radius 2 is 1.50 bits per heavy atom. The number of rotatable bonds is 3. The number of benzene rings is 2. The zero-order valence-corrected chi connectivity index (χ0v) is 18.1. The van der Waals surface area contributed by atoms with Crippen molar-refractivity contribution in [3.63, 3.8) is 0 Å². The molecule has 5 heteroatoms. The van der Waals surface area contributed by atoms with Crippen LogP contribution in [0.25, 0.3) is 0 Å². The molecule has 1 atom stereocenters. The first-order valence-electron chi connectivity index (χ1n) is 11.3. The highest BCUT2D eigenvalue weighted by molar-refractivity contribution is 5.45. The molecule has 3 heterocycles. The summed E-state index contributed by atoms with van der Waals surface area (Å²) < 4.78 is 11.4. The smallest absolute Gasteiger partial charge is 0.122 e. The molecule has 162 valence electrons. The molecule has 5 rings (SSSR count). The summed E-state index contributed by atoms with van der Waals surface area (Å²) in [7, 11) is 2.14. The molecule has 2 aromatic carbocycles. The maximum absolute atomic E-state index is 6.50. The number of nitrogens with two attached hydrogens (primary N) is 2. The van der Waals surface area contributed by atoms with Crippen LogP contribution in [0.3, 0.4) is 0 Å². The van der Waals surface area contributed by atoms with Crippen molar-refractivity contribution in [2.24, 2.45) is 11.5 Å². The molecule has 1 unspecified atom stereocenters. The Labute approximate surface area is 180 Å². The third-order valence-corrected chi connectivity index (χ3v) is 6.53. The lowest BCUT2D eigenvalue weighted by Crippen LogP contribution is -2.31. The van der Waals surface area contributed by atoms with Crippen LogP contribution in [0.5, 0.6) is 11.5 Å². The fourth-order valence-electron chi connectivity index (χ4n) is 4.62. The first kappa shape index (κ1) is 21.2. The van der Waals surface area contributed by atoms with E-state index in [1.807, 2.05) is 0 Å². The van der Waals surface area contributed by atoms with Crippen molar-refractivity contribution in [1.29, 1.82) is 0 Å². The maximum atomic E-state index is 6.50. The number of ether oxygens (including phenoxy) is 2. The second-order valence-corrected chi connectivity index (χ2v) is 8.63. The fourth-order valence-corrected chi connectivity index (χ4v) is 4.62. The molecular formula is C25H35N3O2. The van der Waals surface area contributed by atoms with E-state index in [4.69, 9.17) is 20.9 Å². The predicted molar refractivity (Wildman–Crippen MR) is 121 cm³/mol. The van der Waals surface area contributed by atoms with Crippen molar-refractivity contribution < 1.29 is 9.47 Å². The van der Waals surface area contributed by atoms with Crippen LogP contribution in [-0.2, 0) is 12.8 Å². The van der Waals surface area contributed by atoms with E-state index < -0.39 is 0 Å². The van der Waals surface area contributed by atoms with Gasteiger partial charge in [-0.1, -0.05) is 24.3 Å². The zero-order chi connectivity index (χ0) is 20.9. The second kappa shape index (κ2) is 9.82. The van der Waals surface area contributed by atoms with Gasteiger partial charge in [0.2, 0.25) is 0 Å².